The van der Waals surface area contributed by atoms with Crippen LogP contribution in [0, 0.1) is 0 Å². The van der Waals surface area contributed by atoms with Gasteiger partial charge in [-0.2, -0.15) is 0 Å². The van der Waals surface area contributed by atoms with E-state index < -0.39 is 5.97 Å². The summed E-state index contributed by atoms with van der Waals surface area (Å²) in [7, 11) is 4.76. The number of urea groups is 1. The average Bonchev–Trinajstić information content (AvgIpc) is 2.27. The van der Waals surface area contributed by atoms with Gasteiger partial charge in [0.15, 0.2) is 0 Å². The zero-order chi connectivity index (χ0) is 15.2. The summed E-state index contributed by atoms with van der Waals surface area (Å²) in [5.74, 6) is -1.14. The summed E-state index contributed by atoms with van der Waals surface area (Å²) >= 11 is 0. The summed E-state index contributed by atoms with van der Waals surface area (Å²) in [5.41, 5.74) is 0. The van der Waals surface area contributed by atoms with Crippen LogP contribution in [0.15, 0.2) is 0 Å². The molecule has 19 heavy (non-hydrogen) atoms. The molecule has 0 rings (SSSR count). The van der Waals surface area contributed by atoms with Crippen LogP contribution in [0.1, 0.15) is 20.3 Å². The zero-order valence-corrected chi connectivity index (χ0v) is 12.2. The van der Waals surface area contributed by atoms with E-state index in [0.717, 1.165) is 0 Å². The van der Waals surface area contributed by atoms with Gasteiger partial charge in [0, 0.05) is 33.7 Å². The highest BCUT2D eigenvalue weighted by Crippen LogP contribution is 2.05. The molecule has 0 aliphatic carbocycles. The fraction of sp³-hybridized carbons (Fsp3) is 0.750. The second-order valence-corrected chi connectivity index (χ2v) is 4.86. The molecule has 0 aliphatic heterocycles. The Hall–Kier alpha value is -1.79. The van der Waals surface area contributed by atoms with E-state index in [1.54, 1.807) is 27.9 Å². The lowest BCUT2D eigenvalue weighted by molar-refractivity contribution is -0.137. The van der Waals surface area contributed by atoms with Gasteiger partial charge >= 0.3 is 12.0 Å². The molecule has 0 atom stereocenters. The number of carbonyl (C=O) groups is 3. The molecule has 0 radical (unpaired) electrons. The van der Waals surface area contributed by atoms with E-state index in [2.05, 4.69) is 0 Å². The topological polar surface area (TPSA) is 81.2 Å². The standard InChI is InChI=1S/C12H23N3O4/c1-9(2)15(7-6-11(17)18)12(19)14(5)8-10(16)13(3)4/h9H,6-8H2,1-5H3,(H,17,18). The van der Waals surface area contributed by atoms with Crippen LogP contribution in [0.5, 0.6) is 0 Å². The van der Waals surface area contributed by atoms with E-state index in [1.807, 2.05) is 0 Å². The van der Waals surface area contributed by atoms with Crippen LogP contribution in [-0.4, -0.2) is 78.0 Å². The number of carboxylic acid groups (broad SMARTS) is 1. The minimum atomic E-state index is -0.953. The molecule has 3 amide bonds. The van der Waals surface area contributed by atoms with Crippen molar-refractivity contribution in [2.24, 2.45) is 0 Å². The predicted molar refractivity (Wildman–Crippen MR) is 70.8 cm³/mol. The van der Waals surface area contributed by atoms with Crippen LogP contribution < -0.4 is 0 Å². The number of rotatable bonds is 6. The van der Waals surface area contributed by atoms with Crippen molar-refractivity contribution in [3.8, 4) is 0 Å². The minimum absolute atomic E-state index is 0.0257. The van der Waals surface area contributed by atoms with Crippen molar-refractivity contribution in [3.63, 3.8) is 0 Å². The Kier molecular flexibility index (Phi) is 6.89. The Balaban J connectivity index is 4.62. The van der Waals surface area contributed by atoms with Gasteiger partial charge in [0.05, 0.1) is 6.42 Å². The molecule has 0 saturated carbocycles. The van der Waals surface area contributed by atoms with Gasteiger partial charge in [0.2, 0.25) is 5.91 Å². The number of carboxylic acids is 1. The summed E-state index contributed by atoms with van der Waals surface area (Å²) in [6.07, 6.45) is -0.112. The normalized spacial score (nSPS) is 10.2. The second-order valence-electron chi connectivity index (χ2n) is 4.86. The lowest BCUT2D eigenvalue weighted by Gasteiger charge is -2.31. The smallest absolute Gasteiger partial charge is 0.320 e. The molecule has 7 nitrogen and oxygen atoms in total. The van der Waals surface area contributed by atoms with E-state index >= 15 is 0 Å². The second kappa shape index (κ2) is 7.60. The van der Waals surface area contributed by atoms with Gasteiger partial charge in [-0.15, -0.1) is 0 Å². The molecule has 0 aliphatic rings. The third-order valence-electron chi connectivity index (χ3n) is 2.63. The van der Waals surface area contributed by atoms with Crippen molar-refractivity contribution < 1.29 is 19.5 Å². The molecule has 0 saturated heterocycles. The highest BCUT2D eigenvalue weighted by Gasteiger charge is 2.23. The highest BCUT2D eigenvalue weighted by molar-refractivity contribution is 5.84. The number of aliphatic carboxylic acids is 1. The summed E-state index contributed by atoms with van der Waals surface area (Å²) in [4.78, 5) is 38.4. The first-order valence-corrected chi connectivity index (χ1v) is 6.10. The maximum Gasteiger partial charge on any atom is 0.320 e. The van der Waals surface area contributed by atoms with Crippen LogP contribution in [-0.2, 0) is 9.59 Å². The Labute approximate surface area is 113 Å². The Bertz CT molecular complexity index is 342. The molecule has 0 aromatic heterocycles. The van der Waals surface area contributed by atoms with E-state index in [1.165, 1.54) is 21.7 Å². The molecule has 0 bridgehead atoms. The fourth-order valence-electron chi connectivity index (χ4n) is 1.42. The van der Waals surface area contributed by atoms with Crippen molar-refractivity contribution in [1.29, 1.82) is 0 Å². The molecular weight excluding hydrogens is 250 g/mol. The Morgan fingerprint density at radius 1 is 1.11 bits per heavy atom. The molecular formula is C12H23N3O4. The Morgan fingerprint density at radius 3 is 2.00 bits per heavy atom. The first-order valence-electron chi connectivity index (χ1n) is 6.10. The van der Waals surface area contributed by atoms with Crippen molar-refractivity contribution in [2.45, 2.75) is 26.3 Å². The summed E-state index contributed by atoms with van der Waals surface area (Å²) < 4.78 is 0. The number of hydrogen-bond donors (Lipinski definition) is 1. The van der Waals surface area contributed by atoms with Crippen LogP contribution in [0.25, 0.3) is 0 Å². The summed E-state index contributed by atoms with van der Waals surface area (Å²) in [6.45, 7) is 3.72. The predicted octanol–water partition coefficient (Wildman–Crippen LogP) is 0.312. The number of carbonyl (C=O) groups excluding carboxylic acids is 2. The number of nitrogens with zero attached hydrogens (tertiary/aromatic N) is 3. The van der Waals surface area contributed by atoms with E-state index in [-0.39, 0.29) is 37.5 Å². The molecule has 7 heteroatoms. The third kappa shape index (κ3) is 6.08. The first kappa shape index (κ1) is 17.2. The maximum atomic E-state index is 12.1. The SMILES string of the molecule is CC(C)N(CCC(=O)O)C(=O)N(C)CC(=O)N(C)C. The van der Waals surface area contributed by atoms with Gasteiger partial charge in [0.25, 0.3) is 0 Å². The molecule has 1 N–H and O–H groups in total. The van der Waals surface area contributed by atoms with Crippen LogP contribution in [0.4, 0.5) is 4.79 Å². The van der Waals surface area contributed by atoms with Gasteiger partial charge in [-0.3, -0.25) is 9.59 Å². The van der Waals surface area contributed by atoms with Gasteiger partial charge in [0.1, 0.15) is 6.54 Å². The van der Waals surface area contributed by atoms with E-state index in [0.29, 0.717) is 0 Å². The van der Waals surface area contributed by atoms with Crippen LogP contribution in [0.3, 0.4) is 0 Å². The molecule has 0 aromatic carbocycles. The van der Waals surface area contributed by atoms with Crippen molar-refractivity contribution in [3.05, 3.63) is 0 Å². The average molecular weight is 273 g/mol. The number of likely N-dealkylation sites (N-methyl/N-ethyl adjacent to an activating group) is 2. The van der Waals surface area contributed by atoms with Crippen LogP contribution >= 0.6 is 0 Å². The Morgan fingerprint density at radius 2 is 1.63 bits per heavy atom. The van der Waals surface area contributed by atoms with Gasteiger partial charge in [-0.05, 0) is 13.8 Å². The van der Waals surface area contributed by atoms with Crippen LogP contribution in [0.2, 0.25) is 0 Å². The zero-order valence-electron chi connectivity index (χ0n) is 12.2. The summed E-state index contributed by atoms with van der Waals surface area (Å²) in [5, 5.41) is 8.67. The molecule has 0 fully saturated rings. The summed E-state index contributed by atoms with van der Waals surface area (Å²) in [6, 6.07) is -0.463. The third-order valence-corrected chi connectivity index (χ3v) is 2.63. The lowest BCUT2D eigenvalue weighted by Crippen LogP contribution is -2.48. The lowest BCUT2D eigenvalue weighted by atomic mass is 10.3. The molecule has 110 valence electrons. The largest absolute Gasteiger partial charge is 0.481 e. The molecule has 0 spiro atoms. The van der Waals surface area contributed by atoms with Crippen molar-refractivity contribution in [2.75, 3.05) is 34.2 Å². The van der Waals surface area contributed by atoms with Gasteiger partial charge in [-0.1, -0.05) is 0 Å². The van der Waals surface area contributed by atoms with E-state index in [4.69, 9.17) is 5.11 Å². The fourth-order valence-corrected chi connectivity index (χ4v) is 1.42. The quantitative estimate of drug-likeness (QED) is 0.755. The minimum Gasteiger partial charge on any atom is -0.481 e. The van der Waals surface area contributed by atoms with Crippen molar-refractivity contribution >= 4 is 17.9 Å². The van der Waals surface area contributed by atoms with E-state index in [9.17, 15) is 14.4 Å². The first-order chi connectivity index (χ1) is 8.66. The van der Waals surface area contributed by atoms with Crippen molar-refractivity contribution in [1.82, 2.24) is 14.7 Å². The molecule has 0 aromatic rings. The highest BCUT2D eigenvalue weighted by atomic mass is 16.4. The monoisotopic (exact) mass is 273 g/mol. The maximum absolute atomic E-state index is 12.1. The van der Waals surface area contributed by atoms with Gasteiger partial charge in [-0.25, -0.2) is 4.79 Å². The number of hydrogen-bond acceptors (Lipinski definition) is 3. The number of amides is 3. The molecule has 0 heterocycles. The molecule has 0 unspecified atom stereocenters. The van der Waals surface area contributed by atoms with Gasteiger partial charge < -0.3 is 19.8 Å².